The van der Waals surface area contributed by atoms with E-state index in [0.29, 0.717) is 24.8 Å². The van der Waals surface area contributed by atoms with Crippen LogP contribution in [0.5, 0.6) is 0 Å². The molecule has 1 fully saturated rings. The molecule has 0 aliphatic carbocycles. The van der Waals surface area contributed by atoms with E-state index in [4.69, 9.17) is 10.5 Å². The number of hydrogen-bond acceptors (Lipinski definition) is 7. The zero-order chi connectivity index (χ0) is 11.0. The van der Waals surface area contributed by atoms with Crippen molar-refractivity contribution in [3.8, 4) is 0 Å². The smallest absolute Gasteiger partial charge is 0.266 e. The number of ether oxygens (including phenoxy) is 1. The SMILES string of the molecule is NC1(N2CCOCC2)N=CC2=NC=NC2=N1. The highest BCUT2D eigenvalue weighted by Crippen LogP contribution is 2.18. The average molecular weight is 220 g/mol. The molecule has 0 spiro atoms. The van der Waals surface area contributed by atoms with Crippen LogP contribution >= 0.6 is 0 Å². The van der Waals surface area contributed by atoms with Crippen molar-refractivity contribution >= 4 is 24.1 Å². The van der Waals surface area contributed by atoms with E-state index >= 15 is 0 Å². The fourth-order valence-electron chi connectivity index (χ4n) is 1.83. The second kappa shape index (κ2) is 3.55. The lowest BCUT2D eigenvalue weighted by atomic mass is 10.3. The van der Waals surface area contributed by atoms with Crippen LogP contribution in [0.3, 0.4) is 0 Å². The molecule has 3 aliphatic rings. The Morgan fingerprint density at radius 2 is 2.19 bits per heavy atom. The number of rotatable bonds is 1. The molecule has 0 aromatic heterocycles. The van der Waals surface area contributed by atoms with Gasteiger partial charge in [0.25, 0.3) is 5.91 Å². The summed E-state index contributed by atoms with van der Waals surface area (Å²) in [5, 5.41) is 0. The van der Waals surface area contributed by atoms with E-state index in [1.165, 1.54) is 6.34 Å². The molecule has 3 heterocycles. The molecule has 7 heteroatoms. The fraction of sp³-hybridized carbons (Fsp3) is 0.556. The van der Waals surface area contributed by atoms with Crippen molar-refractivity contribution in [3.05, 3.63) is 0 Å². The summed E-state index contributed by atoms with van der Waals surface area (Å²) in [6.45, 7) is 2.76. The molecule has 7 nitrogen and oxygen atoms in total. The minimum absolute atomic E-state index is 0.559. The van der Waals surface area contributed by atoms with Crippen molar-refractivity contribution in [2.75, 3.05) is 26.3 Å². The van der Waals surface area contributed by atoms with Crippen LogP contribution in [0.2, 0.25) is 0 Å². The van der Waals surface area contributed by atoms with Gasteiger partial charge in [0.1, 0.15) is 12.1 Å². The zero-order valence-corrected chi connectivity index (χ0v) is 8.70. The maximum atomic E-state index is 6.15. The summed E-state index contributed by atoms with van der Waals surface area (Å²) in [5.74, 6) is -0.483. The molecule has 0 saturated carbocycles. The Bertz CT molecular complexity index is 420. The molecule has 2 N–H and O–H groups in total. The van der Waals surface area contributed by atoms with E-state index in [2.05, 4.69) is 20.0 Å². The van der Waals surface area contributed by atoms with Gasteiger partial charge in [0, 0.05) is 13.1 Å². The van der Waals surface area contributed by atoms with Gasteiger partial charge in [-0.05, 0) is 0 Å². The van der Waals surface area contributed by atoms with Crippen molar-refractivity contribution in [2.24, 2.45) is 25.7 Å². The molecule has 1 atom stereocenters. The first-order valence-corrected chi connectivity index (χ1v) is 5.15. The van der Waals surface area contributed by atoms with E-state index in [1.54, 1.807) is 6.21 Å². The molecule has 3 rings (SSSR count). The van der Waals surface area contributed by atoms with Crippen molar-refractivity contribution in [1.82, 2.24) is 4.90 Å². The number of nitrogens with zero attached hydrogens (tertiary/aromatic N) is 5. The van der Waals surface area contributed by atoms with Crippen molar-refractivity contribution in [1.29, 1.82) is 0 Å². The summed E-state index contributed by atoms with van der Waals surface area (Å²) < 4.78 is 5.27. The van der Waals surface area contributed by atoms with Gasteiger partial charge in [0.2, 0.25) is 0 Å². The Morgan fingerprint density at radius 1 is 1.38 bits per heavy atom. The highest BCUT2D eigenvalue weighted by molar-refractivity contribution is 6.65. The highest BCUT2D eigenvalue weighted by Gasteiger charge is 2.36. The van der Waals surface area contributed by atoms with Gasteiger partial charge in [-0.25, -0.2) is 24.9 Å². The van der Waals surface area contributed by atoms with Gasteiger partial charge in [-0.2, -0.15) is 0 Å². The quantitative estimate of drug-likeness (QED) is 0.605. The maximum absolute atomic E-state index is 6.15. The summed E-state index contributed by atoms with van der Waals surface area (Å²) in [6.07, 6.45) is 3.09. The van der Waals surface area contributed by atoms with Crippen LogP contribution in [0, 0.1) is 0 Å². The van der Waals surface area contributed by atoms with E-state index in [0.717, 1.165) is 13.1 Å². The number of hydrogen-bond donors (Lipinski definition) is 1. The first-order chi connectivity index (χ1) is 7.78. The van der Waals surface area contributed by atoms with Crippen molar-refractivity contribution in [2.45, 2.75) is 5.91 Å². The van der Waals surface area contributed by atoms with Gasteiger partial charge in [-0.15, -0.1) is 0 Å². The first kappa shape index (κ1) is 9.76. The van der Waals surface area contributed by atoms with Gasteiger partial charge in [0.05, 0.1) is 19.4 Å². The zero-order valence-electron chi connectivity index (χ0n) is 8.70. The maximum Gasteiger partial charge on any atom is 0.266 e. The monoisotopic (exact) mass is 220 g/mol. The van der Waals surface area contributed by atoms with E-state index in [-0.39, 0.29) is 0 Å². The lowest BCUT2D eigenvalue weighted by Crippen LogP contribution is -2.58. The first-order valence-electron chi connectivity index (χ1n) is 5.15. The molecule has 0 bridgehead atoms. The summed E-state index contributed by atoms with van der Waals surface area (Å²) >= 11 is 0. The van der Waals surface area contributed by atoms with Gasteiger partial charge >= 0.3 is 0 Å². The van der Waals surface area contributed by atoms with Crippen LogP contribution in [0.25, 0.3) is 0 Å². The average Bonchev–Trinajstić information content (AvgIpc) is 2.77. The Labute approximate surface area is 92.4 Å². The second-order valence-electron chi connectivity index (χ2n) is 3.74. The third-order valence-electron chi connectivity index (χ3n) is 2.73. The second-order valence-corrected chi connectivity index (χ2v) is 3.74. The number of amidine groups is 1. The molecule has 3 aliphatic heterocycles. The van der Waals surface area contributed by atoms with Crippen molar-refractivity contribution in [3.63, 3.8) is 0 Å². The number of nitrogens with two attached hydrogens (primary N) is 1. The van der Waals surface area contributed by atoms with E-state index < -0.39 is 5.91 Å². The Kier molecular flexibility index (Phi) is 2.16. The topological polar surface area (TPSA) is 87.9 Å². The van der Waals surface area contributed by atoms with E-state index in [9.17, 15) is 0 Å². The van der Waals surface area contributed by atoms with Gasteiger partial charge in [0.15, 0.2) is 5.84 Å². The molecule has 0 radical (unpaired) electrons. The third-order valence-corrected chi connectivity index (χ3v) is 2.73. The standard InChI is InChI=1S/C9H12N6O/c10-9(15-1-3-16-4-2-15)13-5-7-8(14-9)12-6-11-7/h5-6H,1-4,10H2. The number of morpholine rings is 1. The van der Waals surface area contributed by atoms with Crippen LogP contribution in [0.1, 0.15) is 0 Å². The van der Waals surface area contributed by atoms with Crippen LogP contribution in [0.15, 0.2) is 20.0 Å². The van der Waals surface area contributed by atoms with Crippen LogP contribution in [-0.4, -0.2) is 61.2 Å². The van der Waals surface area contributed by atoms with Gasteiger partial charge < -0.3 is 4.74 Å². The van der Waals surface area contributed by atoms with Crippen LogP contribution in [0.4, 0.5) is 0 Å². The molecule has 84 valence electrons. The molecule has 0 aromatic rings. The van der Waals surface area contributed by atoms with Crippen molar-refractivity contribution < 1.29 is 4.74 Å². The Hall–Kier alpha value is -1.44. The molecular weight excluding hydrogens is 208 g/mol. The fourth-order valence-corrected chi connectivity index (χ4v) is 1.83. The normalized spacial score (nSPS) is 33.6. The summed E-state index contributed by atoms with van der Waals surface area (Å²) in [5.41, 5.74) is 6.82. The minimum atomic E-state index is -1.04. The molecule has 0 amide bonds. The third kappa shape index (κ3) is 1.49. The molecule has 1 saturated heterocycles. The van der Waals surface area contributed by atoms with Gasteiger partial charge in [-0.3, -0.25) is 5.73 Å². The minimum Gasteiger partial charge on any atom is -0.379 e. The van der Waals surface area contributed by atoms with Crippen LogP contribution in [-0.2, 0) is 4.74 Å². The lowest BCUT2D eigenvalue weighted by molar-refractivity contribution is -0.0145. The molecule has 0 aromatic carbocycles. The summed E-state index contributed by atoms with van der Waals surface area (Å²) in [6, 6.07) is 0. The number of fused-ring (bicyclic) bond motifs is 1. The Morgan fingerprint density at radius 3 is 3.00 bits per heavy atom. The molecule has 1 unspecified atom stereocenters. The lowest BCUT2D eigenvalue weighted by Gasteiger charge is -2.37. The predicted molar refractivity (Wildman–Crippen MR) is 61.2 cm³/mol. The van der Waals surface area contributed by atoms with Gasteiger partial charge in [-0.1, -0.05) is 0 Å². The Balaban J connectivity index is 1.88. The molecular formula is C9H12N6O. The van der Waals surface area contributed by atoms with Crippen LogP contribution < -0.4 is 5.73 Å². The van der Waals surface area contributed by atoms with E-state index in [1.807, 2.05) is 4.90 Å². The molecule has 16 heavy (non-hydrogen) atoms. The summed E-state index contributed by atoms with van der Waals surface area (Å²) in [7, 11) is 0. The predicted octanol–water partition coefficient (Wildman–Crippen LogP) is -1.15. The largest absolute Gasteiger partial charge is 0.379 e. The summed E-state index contributed by atoms with van der Waals surface area (Å²) in [4.78, 5) is 18.6. The number of aliphatic imine (C=N–C) groups is 4. The highest BCUT2D eigenvalue weighted by atomic mass is 16.5.